The average molecular weight is 1480 g/mol. The molecule has 3 rings (SSSR count). The highest BCUT2D eigenvalue weighted by Crippen LogP contribution is 2.34. The molecule has 0 spiro atoms. The number of hydrogen-bond donors (Lipinski definition) is 12. The minimum absolute atomic E-state index is 0.231. The maximum atomic E-state index is 13.5. The monoisotopic (exact) mass is 1470 g/mol. The van der Waals surface area contributed by atoms with E-state index in [1.165, 1.54) is 321 Å². The first-order valence-electron chi connectivity index (χ1n) is 43.8. The van der Waals surface area contributed by atoms with E-state index in [0.717, 1.165) is 44.9 Å². The van der Waals surface area contributed by atoms with E-state index in [9.17, 15) is 61.0 Å². The Kier molecular flexibility index (Phi) is 61.0. The quantitative estimate of drug-likeness (QED) is 0.0252. The molecule has 19 heteroatoms. The summed E-state index contributed by atoms with van der Waals surface area (Å²) in [6, 6.07) is -0.884. The van der Waals surface area contributed by atoms with E-state index in [0.29, 0.717) is 12.8 Å². The van der Waals surface area contributed by atoms with E-state index >= 15 is 0 Å². The van der Waals surface area contributed by atoms with Crippen molar-refractivity contribution in [3.8, 4) is 0 Å². The maximum absolute atomic E-state index is 13.5. The van der Waals surface area contributed by atoms with Crippen LogP contribution >= 0.6 is 0 Å². The Labute approximate surface area is 627 Å². The predicted octanol–water partition coefficient (Wildman–Crippen LogP) is 15.7. The van der Waals surface area contributed by atoms with Crippen molar-refractivity contribution in [2.75, 3.05) is 26.4 Å². The van der Waals surface area contributed by atoms with Gasteiger partial charge in [-0.3, -0.25) is 4.79 Å². The Morgan fingerprint density at radius 1 is 0.311 bits per heavy atom. The average Bonchev–Trinajstić information content (AvgIpc) is 0.781. The summed E-state index contributed by atoms with van der Waals surface area (Å²) in [5.41, 5.74) is 0. The van der Waals surface area contributed by atoms with Gasteiger partial charge in [0.1, 0.15) is 73.2 Å². The lowest BCUT2D eigenvalue weighted by Gasteiger charge is -2.48. The van der Waals surface area contributed by atoms with E-state index in [4.69, 9.17) is 28.4 Å². The SMILES string of the molecule is CCCCCCCCCCCCCCCCCCCCCCCCCCCCCCCCCCC(O)C(COC1OC(CO)C(OC2OC(CO)C(OC3OC(CO)C(O)C(O)C3O)C(O)C2O)C(O)C1O)NC(=O)CCCCCCCCCCCCCCCCCCCCCCCCCCCC. The van der Waals surface area contributed by atoms with Gasteiger partial charge in [0.2, 0.25) is 5.91 Å². The van der Waals surface area contributed by atoms with Crippen LogP contribution < -0.4 is 5.32 Å². The summed E-state index contributed by atoms with van der Waals surface area (Å²) >= 11 is 0. The highest BCUT2D eigenvalue weighted by atomic mass is 16.8. The molecule has 103 heavy (non-hydrogen) atoms. The number of unbranched alkanes of at least 4 members (excludes halogenated alkanes) is 56. The predicted molar refractivity (Wildman–Crippen MR) is 411 cm³/mol. The van der Waals surface area contributed by atoms with Crippen molar-refractivity contribution in [2.24, 2.45) is 0 Å². The molecule has 3 saturated heterocycles. The Bertz CT molecular complexity index is 1860. The van der Waals surface area contributed by atoms with Gasteiger partial charge in [0.05, 0.1) is 38.6 Å². The lowest BCUT2D eigenvalue weighted by Crippen LogP contribution is -2.66. The normalized spacial score (nSPS) is 25.9. The van der Waals surface area contributed by atoms with Crippen LogP contribution in [0.2, 0.25) is 0 Å². The van der Waals surface area contributed by atoms with Crippen molar-refractivity contribution in [1.29, 1.82) is 0 Å². The molecule has 0 radical (unpaired) electrons. The first-order chi connectivity index (χ1) is 50.3. The molecule has 19 nitrogen and oxygen atoms in total. The number of hydrogen-bond acceptors (Lipinski definition) is 18. The Morgan fingerprint density at radius 3 is 0.845 bits per heavy atom. The molecule has 17 unspecified atom stereocenters. The molecule has 0 saturated carbocycles. The standard InChI is InChI=1S/C84H163NO18/c1-3-5-7-9-11-13-15-17-19-21-23-25-27-29-31-32-33-34-35-36-37-39-41-43-45-47-49-51-53-55-57-59-61-68(89)67(85-72(90)62-60-58-56-54-52-50-48-46-44-42-40-38-30-28-26-24-22-20-18-16-14-12-10-8-6-4-2)66-98-82-78(96)75(93)80(70(64-87)100-82)103-84-79(97)76(94)81(71(65-88)101-84)102-83-77(95)74(92)73(91)69(63-86)99-83/h67-71,73-84,86-89,91-97H,3-66H2,1-2H3,(H,85,90). The van der Waals surface area contributed by atoms with Crippen molar-refractivity contribution in [2.45, 2.75) is 503 Å². The summed E-state index contributed by atoms with van der Waals surface area (Å²) in [6.07, 6.45) is 50.7. The molecule has 0 bridgehead atoms. The fourth-order valence-electron chi connectivity index (χ4n) is 15.4. The number of carbonyl (C=O) groups excluding carboxylic acids is 1. The van der Waals surface area contributed by atoms with Crippen LogP contribution in [0, 0.1) is 0 Å². The molecule has 1 amide bonds. The minimum atomic E-state index is -1.97. The van der Waals surface area contributed by atoms with Crippen molar-refractivity contribution in [3.05, 3.63) is 0 Å². The smallest absolute Gasteiger partial charge is 0.220 e. The summed E-state index contributed by atoms with van der Waals surface area (Å²) in [4.78, 5) is 13.5. The summed E-state index contributed by atoms with van der Waals surface area (Å²) < 4.78 is 34.6. The molecule has 12 N–H and O–H groups in total. The highest BCUT2D eigenvalue weighted by Gasteiger charge is 2.54. The van der Waals surface area contributed by atoms with E-state index in [2.05, 4.69) is 19.2 Å². The molecule has 3 aliphatic heterocycles. The van der Waals surface area contributed by atoms with Gasteiger partial charge in [0.25, 0.3) is 0 Å². The second kappa shape index (κ2) is 65.5. The molecule has 612 valence electrons. The molecule has 0 aromatic rings. The number of nitrogens with one attached hydrogen (secondary N) is 1. The number of aliphatic hydroxyl groups is 11. The van der Waals surface area contributed by atoms with Crippen molar-refractivity contribution < 1.29 is 89.4 Å². The van der Waals surface area contributed by atoms with Gasteiger partial charge in [-0.05, 0) is 12.8 Å². The van der Waals surface area contributed by atoms with Crippen LogP contribution in [-0.4, -0.2) is 193 Å². The molecule has 0 aromatic heterocycles. The molecule has 3 fully saturated rings. The van der Waals surface area contributed by atoms with E-state index in [-0.39, 0.29) is 18.9 Å². The fourth-order valence-corrected chi connectivity index (χ4v) is 15.4. The van der Waals surface area contributed by atoms with E-state index < -0.39 is 124 Å². The number of amides is 1. The molecular formula is C84H163NO18. The van der Waals surface area contributed by atoms with Gasteiger partial charge in [-0.1, -0.05) is 380 Å². The Hall–Kier alpha value is -1.21. The van der Waals surface area contributed by atoms with Gasteiger partial charge in [-0.25, -0.2) is 0 Å². The topological polar surface area (TPSA) is 307 Å². The van der Waals surface area contributed by atoms with Crippen LogP contribution in [0.4, 0.5) is 0 Å². The molecule has 17 atom stereocenters. The van der Waals surface area contributed by atoms with Gasteiger partial charge >= 0.3 is 0 Å². The fraction of sp³-hybridized carbons (Fsp3) is 0.988. The van der Waals surface area contributed by atoms with Crippen molar-refractivity contribution in [3.63, 3.8) is 0 Å². The second-order valence-electron chi connectivity index (χ2n) is 31.7. The van der Waals surface area contributed by atoms with E-state index in [1.807, 2.05) is 0 Å². The zero-order valence-electron chi connectivity index (χ0n) is 65.8. The Morgan fingerprint density at radius 2 is 0.553 bits per heavy atom. The van der Waals surface area contributed by atoms with Crippen LogP contribution in [0.5, 0.6) is 0 Å². The minimum Gasteiger partial charge on any atom is -0.394 e. The number of carbonyl (C=O) groups is 1. The second-order valence-corrected chi connectivity index (χ2v) is 31.7. The molecular weight excluding hydrogens is 1310 g/mol. The van der Waals surface area contributed by atoms with Crippen LogP contribution in [0.25, 0.3) is 0 Å². The maximum Gasteiger partial charge on any atom is 0.220 e. The third-order valence-corrected chi connectivity index (χ3v) is 22.4. The first-order valence-corrected chi connectivity index (χ1v) is 43.8. The van der Waals surface area contributed by atoms with Crippen LogP contribution in [-0.2, 0) is 33.2 Å². The third kappa shape index (κ3) is 45.0. The highest BCUT2D eigenvalue weighted by molar-refractivity contribution is 5.76. The summed E-state index contributed by atoms with van der Waals surface area (Å²) in [5.74, 6) is -0.231. The molecule has 0 aromatic carbocycles. The Balaban J connectivity index is 1.33. The largest absolute Gasteiger partial charge is 0.394 e. The molecule has 0 aliphatic carbocycles. The first kappa shape index (κ1) is 96.0. The lowest BCUT2D eigenvalue weighted by atomic mass is 9.96. The van der Waals surface area contributed by atoms with Crippen LogP contribution in [0.1, 0.15) is 399 Å². The summed E-state index contributed by atoms with van der Waals surface area (Å²) in [5, 5.41) is 121. The number of rotatable bonds is 72. The number of aliphatic hydroxyl groups excluding tert-OH is 11. The zero-order valence-corrected chi connectivity index (χ0v) is 65.8. The number of ether oxygens (including phenoxy) is 6. The van der Waals surface area contributed by atoms with Crippen LogP contribution in [0.3, 0.4) is 0 Å². The van der Waals surface area contributed by atoms with Gasteiger partial charge in [0, 0.05) is 6.42 Å². The van der Waals surface area contributed by atoms with Crippen molar-refractivity contribution >= 4 is 5.91 Å². The van der Waals surface area contributed by atoms with Crippen LogP contribution in [0.15, 0.2) is 0 Å². The lowest BCUT2D eigenvalue weighted by molar-refractivity contribution is -0.379. The third-order valence-electron chi connectivity index (χ3n) is 22.4. The van der Waals surface area contributed by atoms with Gasteiger partial charge in [-0.15, -0.1) is 0 Å². The molecule has 3 heterocycles. The van der Waals surface area contributed by atoms with Gasteiger partial charge < -0.3 is 89.9 Å². The molecule has 3 aliphatic rings. The van der Waals surface area contributed by atoms with Gasteiger partial charge in [-0.2, -0.15) is 0 Å². The zero-order chi connectivity index (χ0) is 74.6. The van der Waals surface area contributed by atoms with Crippen molar-refractivity contribution in [1.82, 2.24) is 5.32 Å². The summed E-state index contributed by atoms with van der Waals surface area (Å²) in [7, 11) is 0. The summed E-state index contributed by atoms with van der Waals surface area (Å²) in [6.45, 7) is 1.89. The van der Waals surface area contributed by atoms with Gasteiger partial charge in [0.15, 0.2) is 18.9 Å². The van der Waals surface area contributed by atoms with E-state index in [1.54, 1.807) is 0 Å².